The first-order valence-corrected chi connectivity index (χ1v) is 11.8. The van der Waals surface area contributed by atoms with Gasteiger partial charge in [-0.25, -0.2) is 24.3 Å². The SMILES string of the molecule is C=CCn1c(=O)c2cnc(Nc3ccc4c(n3)CCN(C)C4)nc2n1-c1cccc(C(C)(C)C)n1. The van der Waals surface area contributed by atoms with Crippen molar-refractivity contribution in [2.75, 3.05) is 18.9 Å². The summed E-state index contributed by atoms with van der Waals surface area (Å²) in [6.07, 6.45) is 4.15. The predicted molar refractivity (Wildman–Crippen MR) is 137 cm³/mol. The Morgan fingerprint density at radius 1 is 1.14 bits per heavy atom. The van der Waals surface area contributed by atoms with Crippen LogP contribution in [-0.4, -0.2) is 47.8 Å². The third kappa shape index (κ3) is 4.35. The van der Waals surface area contributed by atoms with E-state index in [1.165, 1.54) is 5.56 Å². The topological polar surface area (TPSA) is 93.8 Å². The smallest absolute Gasteiger partial charge is 0.278 e. The highest BCUT2D eigenvalue weighted by atomic mass is 16.1. The van der Waals surface area contributed by atoms with Crippen LogP contribution in [0, 0.1) is 0 Å². The summed E-state index contributed by atoms with van der Waals surface area (Å²) in [6, 6.07) is 9.86. The molecule has 0 radical (unpaired) electrons. The molecule has 0 aliphatic carbocycles. The van der Waals surface area contributed by atoms with Crippen LogP contribution in [0.1, 0.15) is 37.7 Å². The van der Waals surface area contributed by atoms with Gasteiger partial charge in [0.05, 0.1) is 6.54 Å². The number of nitrogens with zero attached hydrogens (tertiary/aromatic N) is 7. The molecule has 0 fully saturated rings. The summed E-state index contributed by atoms with van der Waals surface area (Å²) in [7, 11) is 2.11. The predicted octanol–water partition coefficient (Wildman–Crippen LogP) is 3.59. The molecule has 0 bridgehead atoms. The zero-order chi connectivity index (χ0) is 24.7. The zero-order valence-corrected chi connectivity index (χ0v) is 20.6. The van der Waals surface area contributed by atoms with E-state index in [0.29, 0.717) is 35.2 Å². The van der Waals surface area contributed by atoms with Gasteiger partial charge in [0.2, 0.25) is 5.95 Å². The lowest BCUT2D eigenvalue weighted by Crippen LogP contribution is -2.27. The van der Waals surface area contributed by atoms with E-state index in [-0.39, 0.29) is 11.0 Å². The number of likely N-dealkylation sites (N-methyl/N-ethyl adjacent to an activating group) is 1. The molecular formula is C26H30N8O. The van der Waals surface area contributed by atoms with Crippen molar-refractivity contribution >= 4 is 22.8 Å². The quantitative estimate of drug-likeness (QED) is 0.446. The van der Waals surface area contributed by atoms with Crippen molar-refractivity contribution in [2.45, 2.75) is 45.7 Å². The van der Waals surface area contributed by atoms with E-state index in [1.807, 2.05) is 24.3 Å². The molecule has 0 aromatic carbocycles. The average molecular weight is 471 g/mol. The maximum Gasteiger partial charge on any atom is 0.278 e. The summed E-state index contributed by atoms with van der Waals surface area (Å²) in [5.74, 6) is 1.67. The molecule has 0 unspecified atom stereocenters. The Balaban J connectivity index is 1.60. The first-order chi connectivity index (χ1) is 16.7. The normalized spacial score (nSPS) is 14.2. The van der Waals surface area contributed by atoms with Crippen LogP contribution in [0.15, 0.2) is 54.0 Å². The minimum absolute atomic E-state index is 0.142. The van der Waals surface area contributed by atoms with Gasteiger partial charge in [0.25, 0.3) is 5.56 Å². The summed E-state index contributed by atoms with van der Waals surface area (Å²) < 4.78 is 3.33. The Morgan fingerprint density at radius 2 is 1.97 bits per heavy atom. The molecule has 35 heavy (non-hydrogen) atoms. The van der Waals surface area contributed by atoms with Gasteiger partial charge in [0.1, 0.15) is 11.2 Å². The summed E-state index contributed by atoms with van der Waals surface area (Å²) in [5, 5.41) is 3.64. The Bertz CT molecular complexity index is 1480. The van der Waals surface area contributed by atoms with Gasteiger partial charge in [0.15, 0.2) is 11.5 Å². The van der Waals surface area contributed by atoms with E-state index in [9.17, 15) is 4.79 Å². The first kappa shape index (κ1) is 22.9. The van der Waals surface area contributed by atoms with E-state index in [2.05, 4.69) is 55.7 Å². The molecule has 0 atom stereocenters. The minimum atomic E-state index is -0.189. The van der Waals surface area contributed by atoms with Gasteiger partial charge in [-0.2, -0.15) is 4.98 Å². The minimum Gasteiger partial charge on any atom is -0.309 e. The van der Waals surface area contributed by atoms with Crippen LogP contribution in [0.5, 0.6) is 0 Å². The van der Waals surface area contributed by atoms with E-state index >= 15 is 0 Å². The van der Waals surface area contributed by atoms with Gasteiger partial charge in [-0.15, -0.1) is 6.58 Å². The Labute approximate surface area is 204 Å². The fourth-order valence-electron chi connectivity index (χ4n) is 4.31. The summed E-state index contributed by atoms with van der Waals surface area (Å²) >= 11 is 0. The largest absolute Gasteiger partial charge is 0.309 e. The van der Waals surface area contributed by atoms with Crippen molar-refractivity contribution in [1.82, 2.24) is 34.2 Å². The molecule has 4 aromatic rings. The number of fused-ring (bicyclic) bond motifs is 2. The summed E-state index contributed by atoms with van der Waals surface area (Å²) in [4.78, 5) is 34.3. The second-order valence-corrected chi connectivity index (χ2v) is 9.96. The second kappa shape index (κ2) is 8.74. The number of anilines is 2. The van der Waals surface area contributed by atoms with Crippen LogP contribution in [0.4, 0.5) is 11.8 Å². The number of nitrogens with one attached hydrogen (secondary N) is 1. The molecule has 1 aliphatic rings. The molecule has 5 heterocycles. The molecule has 9 heteroatoms. The van der Waals surface area contributed by atoms with Gasteiger partial charge >= 0.3 is 0 Å². The van der Waals surface area contributed by atoms with Crippen molar-refractivity contribution in [1.29, 1.82) is 0 Å². The highest BCUT2D eigenvalue weighted by molar-refractivity contribution is 5.76. The lowest BCUT2D eigenvalue weighted by molar-refractivity contribution is 0.310. The Kier molecular flexibility index (Phi) is 5.72. The molecule has 5 rings (SSSR count). The van der Waals surface area contributed by atoms with E-state index in [0.717, 1.165) is 30.9 Å². The van der Waals surface area contributed by atoms with Crippen LogP contribution >= 0.6 is 0 Å². The van der Waals surface area contributed by atoms with Gasteiger partial charge in [-0.3, -0.25) is 4.79 Å². The molecule has 0 spiro atoms. The fourth-order valence-corrected chi connectivity index (χ4v) is 4.31. The third-order valence-electron chi connectivity index (χ3n) is 6.18. The van der Waals surface area contributed by atoms with Crippen molar-refractivity contribution in [3.8, 4) is 5.82 Å². The van der Waals surface area contributed by atoms with E-state index in [4.69, 9.17) is 15.0 Å². The summed E-state index contributed by atoms with van der Waals surface area (Å²) in [5.41, 5.74) is 3.40. The maximum absolute atomic E-state index is 13.2. The van der Waals surface area contributed by atoms with Crippen molar-refractivity contribution < 1.29 is 0 Å². The van der Waals surface area contributed by atoms with Crippen LogP contribution in [0.25, 0.3) is 16.9 Å². The number of allylic oxidation sites excluding steroid dienone is 1. The fraction of sp³-hybridized carbons (Fsp3) is 0.346. The molecule has 0 saturated carbocycles. The van der Waals surface area contributed by atoms with Crippen molar-refractivity contribution in [2.24, 2.45) is 0 Å². The number of aromatic nitrogens is 6. The van der Waals surface area contributed by atoms with Crippen molar-refractivity contribution in [3.63, 3.8) is 0 Å². The van der Waals surface area contributed by atoms with E-state index in [1.54, 1.807) is 21.6 Å². The molecule has 0 saturated heterocycles. The Morgan fingerprint density at radius 3 is 2.74 bits per heavy atom. The molecule has 4 aromatic heterocycles. The van der Waals surface area contributed by atoms with Gasteiger partial charge in [-0.05, 0) is 30.8 Å². The van der Waals surface area contributed by atoms with Crippen LogP contribution < -0.4 is 10.9 Å². The first-order valence-electron chi connectivity index (χ1n) is 11.8. The number of hydrogen-bond acceptors (Lipinski definition) is 7. The average Bonchev–Trinajstić information content (AvgIpc) is 3.10. The van der Waals surface area contributed by atoms with Crippen LogP contribution in [0.2, 0.25) is 0 Å². The molecule has 1 aliphatic heterocycles. The lowest BCUT2D eigenvalue weighted by atomic mass is 9.92. The molecule has 9 nitrogen and oxygen atoms in total. The number of pyridine rings is 2. The molecule has 180 valence electrons. The maximum atomic E-state index is 13.2. The van der Waals surface area contributed by atoms with Crippen molar-refractivity contribution in [3.05, 3.63) is 76.5 Å². The highest BCUT2D eigenvalue weighted by Crippen LogP contribution is 2.24. The van der Waals surface area contributed by atoms with Crippen LogP contribution in [0.3, 0.4) is 0 Å². The van der Waals surface area contributed by atoms with E-state index < -0.39 is 0 Å². The van der Waals surface area contributed by atoms with Gasteiger partial charge in [-0.1, -0.05) is 39.0 Å². The molecular weight excluding hydrogens is 440 g/mol. The molecule has 0 amide bonds. The standard InChI is InChI=1S/C26H30N8O/c1-6-13-33-24(35)18-15-27-25(30-21-11-10-17-16-32(5)14-12-19(17)28-21)31-23(18)34(33)22-9-7-8-20(29-22)26(2,3)4/h6-11,15H,1,12-14,16H2,2-5H3,(H,27,28,30,31). The lowest BCUT2D eigenvalue weighted by Gasteiger charge is -2.24. The van der Waals surface area contributed by atoms with Gasteiger partial charge < -0.3 is 10.2 Å². The van der Waals surface area contributed by atoms with Crippen LogP contribution in [-0.2, 0) is 24.9 Å². The number of hydrogen-bond donors (Lipinski definition) is 1. The summed E-state index contributed by atoms with van der Waals surface area (Å²) in [6.45, 7) is 12.3. The third-order valence-corrected chi connectivity index (χ3v) is 6.18. The number of rotatable bonds is 5. The zero-order valence-electron chi connectivity index (χ0n) is 20.6. The monoisotopic (exact) mass is 470 g/mol. The highest BCUT2D eigenvalue weighted by Gasteiger charge is 2.21. The second-order valence-electron chi connectivity index (χ2n) is 9.96. The van der Waals surface area contributed by atoms with Gasteiger partial charge in [0, 0.05) is 42.5 Å². The Hall–Kier alpha value is -3.85. The molecule has 1 N–H and O–H groups in total.